The van der Waals surface area contributed by atoms with E-state index < -0.39 is 0 Å². The molecular weight excluding hydrogens is 262 g/mol. The molecule has 1 amide bonds. The van der Waals surface area contributed by atoms with Gasteiger partial charge in [0.1, 0.15) is 0 Å². The molecule has 5 heteroatoms. The van der Waals surface area contributed by atoms with E-state index in [2.05, 4.69) is 15.6 Å². The first kappa shape index (κ1) is 12.9. The monoisotopic (exact) mass is 279 g/mol. The van der Waals surface area contributed by atoms with Crippen LogP contribution in [0.3, 0.4) is 0 Å². The molecule has 2 heterocycles. The second-order valence-electron chi connectivity index (χ2n) is 5.45. The number of rotatable bonds is 2. The molecule has 1 aliphatic heterocycles. The topological polar surface area (TPSA) is 54.0 Å². The molecule has 19 heavy (non-hydrogen) atoms. The summed E-state index contributed by atoms with van der Waals surface area (Å²) in [6, 6.07) is 2.11. The Hall–Kier alpha value is -1.13. The molecule has 0 spiro atoms. The predicted molar refractivity (Wildman–Crippen MR) is 75.2 cm³/mol. The molecule has 1 saturated carbocycles. The van der Waals surface area contributed by atoms with Crippen molar-refractivity contribution in [2.75, 3.05) is 5.32 Å². The van der Waals surface area contributed by atoms with Crippen LogP contribution < -0.4 is 10.6 Å². The minimum absolute atomic E-state index is 0.00398. The molecule has 3 unspecified atom stereocenters. The highest BCUT2D eigenvalue weighted by molar-refractivity contribution is 6.33. The van der Waals surface area contributed by atoms with Crippen LogP contribution in [-0.2, 0) is 4.79 Å². The Morgan fingerprint density at radius 2 is 2.26 bits per heavy atom. The number of halogens is 1. The second-order valence-corrected chi connectivity index (χ2v) is 5.86. The predicted octanol–water partition coefficient (Wildman–Crippen LogP) is 2.59. The third kappa shape index (κ3) is 2.74. The van der Waals surface area contributed by atoms with E-state index in [0.29, 0.717) is 22.7 Å². The average Bonchev–Trinajstić information content (AvgIpc) is 2.85. The number of aromatic nitrogens is 1. The lowest BCUT2D eigenvalue weighted by Crippen LogP contribution is -2.39. The van der Waals surface area contributed by atoms with Crippen molar-refractivity contribution in [3.05, 3.63) is 23.5 Å². The van der Waals surface area contributed by atoms with E-state index in [9.17, 15) is 4.79 Å². The van der Waals surface area contributed by atoms with Crippen LogP contribution in [0, 0.1) is 5.92 Å². The van der Waals surface area contributed by atoms with Crippen LogP contribution in [-0.4, -0.2) is 23.0 Å². The molecule has 1 aromatic heterocycles. The van der Waals surface area contributed by atoms with Crippen molar-refractivity contribution in [3.8, 4) is 0 Å². The van der Waals surface area contributed by atoms with Gasteiger partial charge in [0.25, 0.3) is 0 Å². The fourth-order valence-electron chi connectivity index (χ4n) is 3.21. The number of carbonyl (C=O) groups is 1. The Labute approximate surface area is 117 Å². The van der Waals surface area contributed by atoms with Crippen LogP contribution in [0.2, 0.25) is 5.02 Å². The first-order chi connectivity index (χ1) is 9.24. The van der Waals surface area contributed by atoms with Crippen molar-refractivity contribution in [1.82, 2.24) is 10.3 Å². The van der Waals surface area contributed by atoms with E-state index in [1.807, 2.05) is 0 Å². The maximum Gasteiger partial charge on any atom is 0.241 e. The summed E-state index contributed by atoms with van der Waals surface area (Å²) in [5.74, 6) is 0.665. The summed E-state index contributed by atoms with van der Waals surface area (Å²) in [4.78, 5) is 16.2. The lowest BCUT2D eigenvalue weighted by molar-refractivity contribution is -0.117. The maximum absolute atomic E-state index is 12.3. The first-order valence-corrected chi connectivity index (χ1v) is 7.28. The number of amides is 1. The number of nitrogens with one attached hydrogen (secondary N) is 2. The maximum atomic E-state index is 12.3. The van der Waals surface area contributed by atoms with E-state index in [1.165, 1.54) is 25.7 Å². The molecule has 1 saturated heterocycles. The van der Waals surface area contributed by atoms with Gasteiger partial charge in [0.2, 0.25) is 5.91 Å². The largest absolute Gasteiger partial charge is 0.322 e. The van der Waals surface area contributed by atoms with Crippen molar-refractivity contribution >= 4 is 23.2 Å². The van der Waals surface area contributed by atoms with Crippen LogP contribution >= 0.6 is 11.6 Å². The Bertz CT molecular complexity index is 466. The molecule has 2 aliphatic rings. The van der Waals surface area contributed by atoms with Gasteiger partial charge < -0.3 is 10.6 Å². The number of nitrogens with zero attached hydrogens (tertiary/aromatic N) is 1. The first-order valence-electron chi connectivity index (χ1n) is 6.90. The second kappa shape index (κ2) is 5.47. The minimum Gasteiger partial charge on any atom is -0.322 e. The summed E-state index contributed by atoms with van der Waals surface area (Å²) in [6.07, 6.45) is 9.15. The average molecular weight is 280 g/mol. The third-order valence-corrected chi connectivity index (χ3v) is 4.53. The van der Waals surface area contributed by atoms with Crippen LogP contribution in [0.5, 0.6) is 0 Å². The van der Waals surface area contributed by atoms with E-state index in [4.69, 9.17) is 11.6 Å². The van der Waals surface area contributed by atoms with Gasteiger partial charge in [-0.05, 0) is 31.2 Å². The van der Waals surface area contributed by atoms with Crippen LogP contribution in [0.25, 0.3) is 0 Å². The summed E-state index contributed by atoms with van der Waals surface area (Å²) in [6.45, 7) is 0. The summed E-state index contributed by atoms with van der Waals surface area (Å²) in [5, 5.41) is 6.85. The number of anilines is 1. The Morgan fingerprint density at radius 1 is 1.42 bits per heavy atom. The van der Waals surface area contributed by atoms with Gasteiger partial charge in [-0.15, -0.1) is 0 Å². The highest BCUT2D eigenvalue weighted by Crippen LogP contribution is 2.33. The van der Waals surface area contributed by atoms with E-state index in [-0.39, 0.29) is 11.9 Å². The lowest BCUT2D eigenvalue weighted by Gasteiger charge is -2.24. The zero-order valence-corrected chi connectivity index (χ0v) is 11.5. The van der Waals surface area contributed by atoms with Crippen molar-refractivity contribution in [3.63, 3.8) is 0 Å². The van der Waals surface area contributed by atoms with E-state index in [1.54, 1.807) is 18.5 Å². The molecule has 102 valence electrons. The van der Waals surface area contributed by atoms with Gasteiger partial charge in [0.15, 0.2) is 0 Å². The fraction of sp³-hybridized carbons (Fsp3) is 0.571. The van der Waals surface area contributed by atoms with Crippen LogP contribution in [0.15, 0.2) is 18.5 Å². The fourth-order valence-corrected chi connectivity index (χ4v) is 3.36. The number of fused-ring (bicyclic) bond motifs is 1. The molecule has 2 fully saturated rings. The number of carbonyl (C=O) groups excluding carboxylic acids is 1. The summed E-state index contributed by atoms with van der Waals surface area (Å²) in [5.41, 5.74) is 0.589. The van der Waals surface area contributed by atoms with Crippen molar-refractivity contribution < 1.29 is 4.79 Å². The number of hydrogen-bond donors (Lipinski definition) is 2. The summed E-state index contributed by atoms with van der Waals surface area (Å²) >= 11 is 6.02. The zero-order chi connectivity index (χ0) is 13.2. The highest BCUT2D eigenvalue weighted by Gasteiger charge is 2.38. The third-order valence-electron chi connectivity index (χ3n) is 4.21. The molecule has 3 rings (SSSR count). The van der Waals surface area contributed by atoms with Crippen LogP contribution in [0.4, 0.5) is 5.69 Å². The zero-order valence-electron chi connectivity index (χ0n) is 10.7. The van der Waals surface area contributed by atoms with Crippen LogP contribution in [0.1, 0.15) is 32.1 Å². The smallest absolute Gasteiger partial charge is 0.241 e. The van der Waals surface area contributed by atoms with Gasteiger partial charge in [-0.2, -0.15) is 0 Å². The van der Waals surface area contributed by atoms with E-state index in [0.717, 1.165) is 6.42 Å². The molecule has 1 aromatic rings. The summed E-state index contributed by atoms with van der Waals surface area (Å²) < 4.78 is 0. The van der Waals surface area contributed by atoms with Gasteiger partial charge >= 0.3 is 0 Å². The highest BCUT2D eigenvalue weighted by atomic mass is 35.5. The van der Waals surface area contributed by atoms with Gasteiger partial charge in [-0.25, -0.2) is 0 Å². The van der Waals surface area contributed by atoms with Gasteiger partial charge in [-0.1, -0.05) is 24.4 Å². The normalized spacial score (nSPS) is 29.8. The van der Waals surface area contributed by atoms with E-state index >= 15 is 0 Å². The Morgan fingerprint density at radius 3 is 3.05 bits per heavy atom. The Balaban J connectivity index is 1.64. The minimum atomic E-state index is -0.0932. The lowest BCUT2D eigenvalue weighted by atomic mass is 9.85. The van der Waals surface area contributed by atoms with Gasteiger partial charge in [0.05, 0.1) is 22.9 Å². The molecule has 0 radical (unpaired) electrons. The molecule has 0 aromatic carbocycles. The molecule has 1 aliphatic carbocycles. The standard InChI is InChI=1S/C14H18ClN3O/c15-10-5-6-16-8-13(10)18-14(19)12-7-9-3-1-2-4-11(9)17-12/h5-6,8-9,11-12,17H,1-4,7H2,(H,18,19). The SMILES string of the molecule is O=C(Nc1cnccc1Cl)C1CC2CCCCC2N1. The molecular formula is C14H18ClN3O. The Kier molecular flexibility index (Phi) is 3.71. The van der Waals surface area contributed by atoms with Crippen molar-refractivity contribution in [2.45, 2.75) is 44.2 Å². The molecule has 0 bridgehead atoms. The molecule has 3 atom stereocenters. The number of hydrogen-bond acceptors (Lipinski definition) is 3. The van der Waals surface area contributed by atoms with Crippen molar-refractivity contribution in [1.29, 1.82) is 0 Å². The van der Waals surface area contributed by atoms with Crippen molar-refractivity contribution in [2.24, 2.45) is 5.92 Å². The van der Waals surface area contributed by atoms with Gasteiger partial charge in [-0.3, -0.25) is 9.78 Å². The summed E-state index contributed by atoms with van der Waals surface area (Å²) in [7, 11) is 0. The number of pyridine rings is 1. The van der Waals surface area contributed by atoms with Gasteiger partial charge in [0, 0.05) is 12.2 Å². The quantitative estimate of drug-likeness (QED) is 0.875. The molecule has 2 N–H and O–H groups in total. The molecule has 4 nitrogen and oxygen atoms in total.